The van der Waals surface area contributed by atoms with Crippen molar-refractivity contribution in [3.05, 3.63) is 62.2 Å². The van der Waals surface area contributed by atoms with Crippen LogP contribution in [0.4, 0.5) is 17.1 Å². The second-order valence-electron chi connectivity index (χ2n) is 4.28. The summed E-state index contributed by atoms with van der Waals surface area (Å²) in [5.41, 5.74) is 5.45. The molecule has 0 heterocycles. The summed E-state index contributed by atoms with van der Waals surface area (Å²) in [6.07, 6.45) is 0. The molecule has 0 aromatic heterocycles. The van der Waals surface area contributed by atoms with E-state index in [2.05, 4.69) is 0 Å². The highest BCUT2D eigenvalue weighted by atomic mass is 16.6. The topological polar surface area (TPSA) is 122 Å². The Morgan fingerprint density at radius 2 is 1.76 bits per heavy atom. The number of hydrogen-bond acceptors (Lipinski definition) is 6. The Bertz CT molecular complexity index is 730. The highest BCUT2D eigenvalue weighted by molar-refractivity contribution is 5.67. The summed E-state index contributed by atoms with van der Waals surface area (Å²) in [7, 11) is 0. The van der Waals surface area contributed by atoms with Crippen molar-refractivity contribution in [2.45, 2.75) is 6.92 Å². The molecule has 0 bridgehead atoms. The third-order valence-corrected chi connectivity index (χ3v) is 2.74. The molecule has 2 aromatic rings. The zero-order chi connectivity index (χ0) is 15.6. The lowest BCUT2D eigenvalue weighted by Gasteiger charge is -2.08. The van der Waals surface area contributed by atoms with E-state index in [0.29, 0.717) is 5.56 Å². The number of benzene rings is 2. The third kappa shape index (κ3) is 2.89. The molecule has 0 atom stereocenters. The second-order valence-corrected chi connectivity index (χ2v) is 4.28. The van der Waals surface area contributed by atoms with Crippen LogP contribution in [0.1, 0.15) is 5.56 Å². The van der Waals surface area contributed by atoms with Gasteiger partial charge in [-0.25, -0.2) is 0 Å². The summed E-state index contributed by atoms with van der Waals surface area (Å²) in [6.45, 7) is 1.69. The molecule has 8 nitrogen and oxygen atoms in total. The number of nitrogens with zero attached hydrogens (tertiary/aromatic N) is 2. The van der Waals surface area contributed by atoms with Gasteiger partial charge in [0, 0.05) is 6.07 Å². The normalized spacial score (nSPS) is 10.1. The van der Waals surface area contributed by atoms with E-state index in [1.165, 1.54) is 30.3 Å². The number of nitrogens with two attached hydrogens (primary N) is 1. The Kier molecular flexibility index (Phi) is 3.70. The summed E-state index contributed by atoms with van der Waals surface area (Å²) >= 11 is 0. The zero-order valence-electron chi connectivity index (χ0n) is 11.0. The maximum absolute atomic E-state index is 11.0. The average molecular weight is 289 g/mol. The number of aryl methyl sites for hydroxylation is 1. The molecule has 0 saturated heterocycles. The Morgan fingerprint density at radius 3 is 2.38 bits per heavy atom. The monoisotopic (exact) mass is 289 g/mol. The molecule has 0 aliphatic carbocycles. The molecule has 2 rings (SSSR count). The first-order chi connectivity index (χ1) is 9.90. The minimum atomic E-state index is -0.690. The molecular weight excluding hydrogens is 278 g/mol. The van der Waals surface area contributed by atoms with E-state index in [0.717, 1.165) is 0 Å². The highest BCUT2D eigenvalue weighted by Gasteiger charge is 2.23. The largest absolute Gasteiger partial charge is 0.443 e. The van der Waals surface area contributed by atoms with Gasteiger partial charge in [-0.1, -0.05) is 12.1 Å². The molecule has 0 unspecified atom stereocenters. The molecule has 8 heteroatoms. The predicted octanol–water partition coefficient (Wildman–Crippen LogP) is 3.19. The minimum absolute atomic E-state index is 0.0766. The Morgan fingerprint density at radius 1 is 1.05 bits per heavy atom. The lowest BCUT2D eigenvalue weighted by molar-refractivity contribution is -0.387. The lowest BCUT2D eigenvalue weighted by atomic mass is 10.2. The first kappa shape index (κ1) is 14.3. The maximum Gasteiger partial charge on any atom is 0.334 e. The fraction of sp³-hybridized carbons (Fsp3) is 0.0769. The predicted molar refractivity (Wildman–Crippen MR) is 75.4 cm³/mol. The quantitative estimate of drug-likeness (QED) is 0.524. The van der Waals surface area contributed by atoms with Gasteiger partial charge in [0.25, 0.3) is 0 Å². The summed E-state index contributed by atoms with van der Waals surface area (Å²) < 4.78 is 5.34. The van der Waals surface area contributed by atoms with Gasteiger partial charge in [-0.05, 0) is 30.7 Å². The number of ether oxygens (including phenoxy) is 1. The van der Waals surface area contributed by atoms with Crippen molar-refractivity contribution >= 4 is 17.1 Å². The first-order valence-electron chi connectivity index (χ1n) is 5.86. The molecule has 0 spiro atoms. The van der Waals surface area contributed by atoms with Gasteiger partial charge in [-0.2, -0.15) is 0 Å². The van der Waals surface area contributed by atoms with Gasteiger partial charge in [0.15, 0.2) is 0 Å². The SMILES string of the molecule is Cc1ccc(Oc2cccc(N)c2[N+](=O)[O-])c([N+](=O)[O-])c1. The molecule has 0 amide bonds. The van der Waals surface area contributed by atoms with Gasteiger partial charge in [0.1, 0.15) is 5.69 Å². The second kappa shape index (κ2) is 5.45. The fourth-order valence-corrected chi connectivity index (χ4v) is 1.79. The molecule has 108 valence electrons. The Hall–Kier alpha value is -3.16. The van der Waals surface area contributed by atoms with E-state index in [9.17, 15) is 20.2 Å². The average Bonchev–Trinajstić information content (AvgIpc) is 2.40. The van der Waals surface area contributed by atoms with Crippen molar-refractivity contribution in [1.29, 1.82) is 0 Å². The lowest BCUT2D eigenvalue weighted by Crippen LogP contribution is -2.00. The van der Waals surface area contributed by atoms with E-state index in [-0.39, 0.29) is 22.9 Å². The standard InChI is InChI=1S/C13H11N3O5/c1-8-5-6-11(10(7-8)15(17)18)21-12-4-2-3-9(14)13(12)16(19)20/h2-7H,14H2,1H3. The van der Waals surface area contributed by atoms with Crippen LogP contribution >= 0.6 is 0 Å². The van der Waals surface area contributed by atoms with E-state index < -0.39 is 15.5 Å². The molecule has 2 N–H and O–H groups in total. The molecule has 0 fully saturated rings. The number of anilines is 1. The molecule has 0 radical (unpaired) electrons. The van der Waals surface area contributed by atoms with Gasteiger partial charge >= 0.3 is 11.4 Å². The molecule has 0 saturated carbocycles. The Balaban J connectivity index is 2.51. The third-order valence-electron chi connectivity index (χ3n) is 2.74. The van der Waals surface area contributed by atoms with E-state index in [4.69, 9.17) is 10.5 Å². The van der Waals surface area contributed by atoms with Crippen LogP contribution in [0.15, 0.2) is 36.4 Å². The highest BCUT2D eigenvalue weighted by Crippen LogP contribution is 2.39. The number of nitro groups is 2. The van der Waals surface area contributed by atoms with Crippen LogP contribution in [0.25, 0.3) is 0 Å². The number of rotatable bonds is 4. The summed E-state index contributed by atoms with van der Waals surface area (Å²) in [6, 6.07) is 8.48. The molecule has 21 heavy (non-hydrogen) atoms. The smallest absolute Gasteiger partial charge is 0.334 e. The molecule has 2 aromatic carbocycles. The van der Waals surface area contributed by atoms with E-state index in [1.54, 1.807) is 13.0 Å². The number of hydrogen-bond donors (Lipinski definition) is 1. The van der Waals surface area contributed by atoms with Crippen LogP contribution in [0.5, 0.6) is 11.5 Å². The van der Waals surface area contributed by atoms with Gasteiger partial charge < -0.3 is 10.5 Å². The van der Waals surface area contributed by atoms with Crippen LogP contribution in [0.3, 0.4) is 0 Å². The zero-order valence-corrected chi connectivity index (χ0v) is 11.0. The van der Waals surface area contributed by atoms with Crippen LogP contribution in [-0.4, -0.2) is 9.85 Å². The molecule has 0 aliphatic rings. The number of nitro benzene ring substituents is 2. The summed E-state index contributed by atoms with van der Waals surface area (Å²) in [5, 5.41) is 22.0. The minimum Gasteiger partial charge on any atom is -0.443 e. The number of para-hydroxylation sites is 1. The number of nitrogen functional groups attached to an aromatic ring is 1. The van der Waals surface area contributed by atoms with E-state index >= 15 is 0 Å². The summed E-state index contributed by atoms with van der Waals surface area (Å²) in [4.78, 5) is 20.7. The van der Waals surface area contributed by atoms with Crippen LogP contribution in [0, 0.1) is 27.2 Å². The van der Waals surface area contributed by atoms with E-state index in [1.807, 2.05) is 0 Å². The van der Waals surface area contributed by atoms with Gasteiger partial charge in [-0.15, -0.1) is 0 Å². The molecule has 0 aliphatic heterocycles. The van der Waals surface area contributed by atoms with Crippen molar-refractivity contribution in [2.75, 3.05) is 5.73 Å². The van der Waals surface area contributed by atoms with Crippen LogP contribution < -0.4 is 10.5 Å². The van der Waals surface area contributed by atoms with Gasteiger partial charge in [-0.3, -0.25) is 20.2 Å². The van der Waals surface area contributed by atoms with Crippen LogP contribution in [-0.2, 0) is 0 Å². The summed E-state index contributed by atoms with van der Waals surface area (Å²) in [5.74, 6) is -0.230. The van der Waals surface area contributed by atoms with Crippen LogP contribution in [0.2, 0.25) is 0 Å². The van der Waals surface area contributed by atoms with Crippen molar-refractivity contribution in [3.63, 3.8) is 0 Å². The molecular formula is C13H11N3O5. The van der Waals surface area contributed by atoms with Gasteiger partial charge in [0.2, 0.25) is 11.5 Å². The first-order valence-corrected chi connectivity index (χ1v) is 5.86. The van der Waals surface area contributed by atoms with Gasteiger partial charge in [0.05, 0.1) is 9.85 Å². The van der Waals surface area contributed by atoms with Crippen molar-refractivity contribution < 1.29 is 14.6 Å². The maximum atomic E-state index is 11.0. The van der Waals surface area contributed by atoms with Crippen molar-refractivity contribution in [3.8, 4) is 11.5 Å². The Labute approximate surface area is 119 Å². The van der Waals surface area contributed by atoms with Crippen molar-refractivity contribution in [1.82, 2.24) is 0 Å². The van der Waals surface area contributed by atoms with Crippen molar-refractivity contribution in [2.24, 2.45) is 0 Å². The fourth-order valence-electron chi connectivity index (χ4n) is 1.79.